The molecule has 0 saturated carbocycles. The average Bonchev–Trinajstić information content (AvgIpc) is 2.25. The normalized spacial score (nSPS) is 11.1. The highest BCUT2D eigenvalue weighted by atomic mass is 35.5. The van der Waals surface area contributed by atoms with Crippen molar-refractivity contribution in [2.75, 3.05) is 11.4 Å². The van der Waals surface area contributed by atoms with Gasteiger partial charge in [-0.3, -0.25) is 0 Å². The lowest BCUT2D eigenvalue weighted by Crippen LogP contribution is -2.42. The molecular weight excluding hydrogens is 252 g/mol. The van der Waals surface area contributed by atoms with E-state index in [0.717, 1.165) is 0 Å². The van der Waals surface area contributed by atoms with E-state index in [1.54, 1.807) is 6.08 Å². The second-order valence-electron chi connectivity index (χ2n) is 4.90. The zero-order chi connectivity index (χ0) is 13.9. The molecule has 0 bridgehead atoms. The molecule has 1 heterocycles. The van der Waals surface area contributed by atoms with Crippen LogP contribution in [0.1, 0.15) is 31.1 Å². The number of hydrogen-bond acceptors (Lipinski definition) is 3. The van der Waals surface area contributed by atoms with E-state index in [-0.39, 0.29) is 16.1 Å². The Morgan fingerprint density at radius 1 is 1.61 bits per heavy atom. The van der Waals surface area contributed by atoms with Crippen LogP contribution >= 0.6 is 11.6 Å². The maximum Gasteiger partial charge on any atom is 0.337 e. The lowest BCUT2D eigenvalue weighted by atomic mass is 10.1. The molecule has 0 aliphatic carbocycles. The number of halogens is 1. The first kappa shape index (κ1) is 14.5. The van der Waals surface area contributed by atoms with Gasteiger partial charge in [0.25, 0.3) is 0 Å². The molecule has 98 valence electrons. The quantitative estimate of drug-likeness (QED) is 0.852. The third-order valence-corrected chi connectivity index (χ3v) is 2.77. The Morgan fingerprint density at radius 3 is 2.67 bits per heavy atom. The van der Waals surface area contributed by atoms with E-state index in [1.807, 2.05) is 25.7 Å². The second kappa shape index (κ2) is 5.40. The molecule has 1 rings (SSSR count). The fraction of sp³-hybridized carbons (Fsp3) is 0.385. The molecule has 0 aliphatic rings. The van der Waals surface area contributed by atoms with Gasteiger partial charge in [0.05, 0.1) is 10.6 Å². The van der Waals surface area contributed by atoms with Crippen molar-refractivity contribution in [1.82, 2.24) is 4.98 Å². The summed E-state index contributed by atoms with van der Waals surface area (Å²) in [6.45, 7) is 10.3. The van der Waals surface area contributed by atoms with Crippen molar-refractivity contribution in [3.05, 3.63) is 35.5 Å². The minimum atomic E-state index is -1.06. The summed E-state index contributed by atoms with van der Waals surface area (Å²) in [4.78, 5) is 17.2. The van der Waals surface area contributed by atoms with Crippen LogP contribution in [0.4, 0.5) is 5.82 Å². The molecule has 0 saturated heterocycles. The molecule has 0 aromatic carbocycles. The first-order chi connectivity index (χ1) is 8.27. The largest absolute Gasteiger partial charge is 0.478 e. The van der Waals surface area contributed by atoms with Gasteiger partial charge >= 0.3 is 5.97 Å². The smallest absolute Gasteiger partial charge is 0.337 e. The number of anilines is 1. The Morgan fingerprint density at radius 2 is 2.22 bits per heavy atom. The van der Waals surface area contributed by atoms with Gasteiger partial charge in [0.2, 0.25) is 0 Å². The molecule has 0 aliphatic heterocycles. The summed E-state index contributed by atoms with van der Waals surface area (Å²) in [6, 6.07) is 1.49. The number of rotatable bonds is 4. The van der Waals surface area contributed by atoms with Gasteiger partial charge in [0.1, 0.15) is 5.82 Å². The summed E-state index contributed by atoms with van der Waals surface area (Å²) in [7, 11) is 0. The van der Waals surface area contributed by atoms with Crippen LogP contribution in [-0.4, -0.2) is 28.1 Å². The predicted octanol–water partition coefficient (Wildman–Crippen LogP) is 3.22. The molecule has 5 heteroatoms. The van der Waals surface area contributed by atoms with Crippen LogP contribution in [-0.2, 0) is 0 Å². The van der Waals surface area contributed by atoms with Crippen molar-refractivity contribution in [3.63, 3.8) is 0 Å². The van der Waals surface area contributed by atoms with Crippen molar-refractivity contribution in [2.24, 2.45) is 0 Å². The fourth-order valence-electron chi connectivity index (χ4n) is 1.58. The van der Waals surface area contributed by atoms with Crippen LogP contribution in [0.3, 0.4) is 0 Å². The topological polar surface area (TPSA) is 53.4 Å². The number of hydrogen-bond donors (Lipinski definition) is 1. The van der Waals surface area contributed by atoms with Crippen LogP contribution in [0.5, 0.6) is 0 Å². The van der Waals surface area contributed by atoms with Gasteiger partial charge in [-0.15, -0.1) is 6.58 Å². The Labute approximate surface area is 112 Å². The fourth-order valence-corrected chi connectivity index (χ4v) is 1.76. The highest BCUT2D eigenvalue weighted by molar-refractivity contribution is 6.33. The van der Waals surface area contributed by atoms with Crippen LogP contribution < -0.4 is 4.90 Å². The molecule has 0 spiro atoms. The summed E-state index contributed by atoms with van der Waals surface area (Å²) in [6.07, 6.45) is 3.12. The zero-order valence-electron chi connectivity index (χ0n) is 10.8. The van der Waals surface area contributed by atoms with Crippen LogP contribution in [0.2, 0.25) is 5.02 Å². The highest BCUT2D eigenvalue weighted by Crippen LogP contribution is 2.25. The summed E-state index contributed by atoms with van der Waals surface area (Å²) in [5.74, 6) is -0.486. The first-order valence-electron chi connectivity index (χ1n) is 5.54. The van der Waals surface area contributed by atoms with Crippen molar-refractivity contribution in [2.45, 2.75) is 26.3 Å². The standard InChI is InChI=1S/C13H17ClN2O2/c1-5-6-16(13(2,3)4)11-7-9(12(17)18)10(14)8-15-11/h5,7-8H,1,6H2,2-4H3,(H,17,18). The molecule has 1 aromatic rings. The van der Waals surface area contributed by atoms with E-state index in [2.05, 4.69) is 11.6 Å². The van der Waals surface area contributed by atoms with Crippen LogP contribution in [0.15, 0.2) is 24.9 Å². The molecule has 0 amide bonds. The Hall–Kier alpha value is -1.55. The average molecular weight is 269 g/mol. The van der Waals surface area contributed by atoms with E-state index in [4.69, 9.17) is 16.7 Å². The zero-order valence-corrected chi connectivity index (χ0v) is 11.5. The lowest BCUT2D eigenvalue weighted by Gasteiger charge is -2.36. The number of carboxylic acid groups (broad SMARTS) is 1. The number of nitrogens with zero attached hydrogens (tertiary/aromatic N) is 2. The molecule has 0 unspecified atom stereocenters. The highest BCUT2D eigenvalue weighted by Gasteiger charge is 2.23. The maximum atomic E-state index is 11.1. The van der Waals surface area contributed by atoms with Crippen LogP contribution in [0, 0.1) is 0 Å². The number of aromatic nitrogens is 1. The Balaban J connectivity index is 3.25. The number of pyridine rings is 1. The molecule has 18 heavy (non-hydrogen) atoms. The SMILES string of the molecule is C=CCN(c1cc(C(=O)O)c(Cl)cn1)C(C)(C)C. The van der Waals surface area contributed by atoms with E-state index in [1.165, 1.54) is 12.3 Å². The van der Waals surface area contributed by atoms with Gasteiger partial charge in [0, 0.05) is 18.3 Å². The Bertz CT molecular complexity index is 467. The summed E-state index contributed by atoms with van der Waals surface area (Å²) >= 11 is 5.81. The molecule has 0 fully saturated rings. The molecular formula is C13H17ClN2O2. The molecule has 4 nitrogen and oxygen atoms in total. The monoisotopic (exact) mass is 268 g/mol. The van der Waals surface area contributed by atoms with E-state index >= 15 is 0 Å². The minimum absolute atomic E-state index is 0.0555. The maximum absolute atomic E-state index is 11.1. The van der Waals surface area contributed by atoms with Crippen molar-refractivity contribution >= 4 is 23.4 Å². The van der Waals surface area contributed by atoms with E-state index in [0.29, 0.717) is 12.4 Å². The summed E-state index contributed by atoms with van der Waals surface area (Å²) < 4.78 is 0. The predicted molar refractivity (Wildman–Crippen MR) is 73.5 cm³/mol. The molecule has 1 aromatic heterocycles. The van der Waals surface area contributed by atoms with Crippen molar-refractivity contribution in [3.8, 4) is 0 Å². The first-order valence-corrected chi connectivity index (χ1v) is 5.92. The van der Waals surface area contributed by atoms with E-state index in [9.17, 15) is 4.79 Å². The van der Waals surface area contributed by atoms with Crippen LogP contribution in [0.25, 0.3) is 0 Å². The molecule has 1 N–H and O–H groups in total. The van der Waals surface area contributed by atoms with Gasteiger partial charge in [0.15, 0.2) is 0 Å². The van der Waals surface area contributed by atoms with Gasteiger partial charge in [-0.05, 0) is 26.8 Å². The molecule has 0 radical (unpaired) electrons. The Kier molecular flexibility index (Phi) is 4.35. The van der Waals surface area contributed by atoms with Gasteiger partial charge < -0.3 is 10.0 Å². The summed E-state index contributed by atoms with van der Waals surface area (Å²) in [5, 5.41) is 9.19. The lowest BCUT2D eigenvalue weighted by molar-refractivity contribution is 0.0697. The van der Waals surface area contributed by atoms with Gasteiger partial charge in [-0.25, -0.2) is 9.78 Å². The van der Waals surface area contributed by atoms with E-state index < -0.39 is 5.97 Å². The summed E-state index contributed by atoms with van der Waals surface area (Å²) in [5.41, 5.74) is -0.134. The number of carboxylic acids is 1. The molecule has 0 atom stereocenters. The third kappa shape index (κ3) is 3.23. The third-order valence-electron chi connectivity index (χ3n) is 2.47. The number of carbonyl (C=O) groups is 1. The van der Waals surface area contributed by atoms with Crippen molar-refractivity contribution < 1.29 is 9.90 Å². The number of aromatic carboxylic acids is 1. The van der Waals surface area contributed by atoms with Gasteiger partial charge in [-0.2, -0.15) is 0 Å². The van der Waals surface area contributed by atoms with Crippen molar-refractivity contribution in [1.29, 1.82) is 0 Å². The second-order valence-corrected chi connectivity index (χ2v) is 5.30. The van der Waals surface area contributed by atoms with Gasteiger partial charge in [-0.1, -0.05) is 17.7 Å². The minimum Gasteiger partial charge on any atom is -0.478 e.